The molecule has 1 aliphatic heterocycles. The van der Waals surface area contributed by atoms with Gasteiger partial charge in [0.15, 0.2) is 0 Å². The molecule has 0 aromatic carbocycles. The number of esters is 1. The van der Waals surface area contributed by atoms with Crippen LogP contribution in [0, 0.1) is 5.92 Å². The Morgan fingerprint density at radius 1 is 1.56 bits per heavy atom. The van der Waals surface area contributed by atoms with E-state index in [4.69, 9.17) is 4.74 Å². The molecule has 0 radical (unpaired) electrons. The highest BCUT2D eigenvalue weighted by atomic mass is 16.5. The van der Waals surface area contributed by atoms with E-state index in [1.807, 2.05) is 6.92 Å². The van der Waals surface area contributed by atoms with Crippen molar-refractivity contribution < 1.29 is 9.53 Å². The highest BCUT2D eigenvalue weighted by molar-refractivity contribution is 5.72. The van der Waals surface area contributed by atoms with E-state index in [1.165, 1.54) is 20.0 Å². The van der Waals surface area contributed by atoms with Gasteiger partial charge in [0.25, 0.3) is 0 Å². The third-order valence-electron chi connectivity index (χ3n) is 3.66. The Labute approximate surface area is 98.3 Å². The van der Waals surface area contributed by atoms with E-state index in [2.05, 4.69) is 24.2 Å². The van der Waals surface area contributed by atoms with Crippen LogP contribution >= 0.6 is 0 Å². The molecule has 0 saturated carbocycles. The predicted octanol–water partition coefficient (Wildman–Crippen LogP) is 0.868. The SMILES string of the molecule is COC(=O)C(C)C(C)N(C)CC1CCCN1. The first-order valence-corrected chi connectivity index (χ1v) is 6.07. The summed E-state index contributed by atoms with van der Waals surface area (Å²) in [5, 5.41) is 3.47. The molecular weight excluding hydrogens is 204 g/mol. The summed E-state index contributed by atoms with van der Waals surface area (Å²) in [5.41, 5.74) is 0. The van der Waals surface area contributed by atoms with Crippen LogP contribution in [0.2, 0.25) is 0 Å². The van der Waals surface area contributed by atoms with Crippen LogP contribution < -0.4 is 5.32 Å². The van der Waals surface area contributed by atoms with Gasteiger partial charge >= 0.3 is 5.97 Å². The van der Waals surface area contributed by atoms with Crippen molar-refractivity contribution in [2.75, 3.05) is 27.2 Å². The molecule has 16 heavy (non-hydrogen) atoms. The molecule has 0 amide bonds. The second-order valence-electron chi connectivity index (χ2n) is 4.79. The highest BCUT2D eigenvalue weighted by Gasteiger charge is 2.26. The van der Waals surface area contributed by atoms with E-state index in [0.29, 0.717) is 6.04 Å². The maximum absolute atomic E-state index is 11.4. The number of rotatable bonds is 5. The minimum absolute atomic E-state index is 0.0728. The van der Waals surface area contributed by atoms with Crippen molar-refractivity contribution in [1.29, 1.82) is 0 Å². The second-order valence-corrected chi connectivity index (χ2v) is 4.79. The van der Waals surface area contributed by atoms with Crippen LogP contribution in [-0.2, 0) is 9.53 Å². The van der Waals surface area contributed by atoms with Gasteiger partial charge in [-0.2, -0.15) is 0 Å². The summed E-state index contributed by atoms with van der Waals surface area (Å²) in [4.78, 5) is 13.7. The number of likely N-dealkylation sites (N-methyl/N-ethyl adjacent to an activating group) is 1. The molecule has 1 heterocycles. The standard InChI is InChI=1S/C12H24N2O2/c1-9(12(15)16-4)10(2)14(3)8-11-6-5-7-13-11/h9-11,13H,5-8H2,1-4H3. The fourth-order valence-electron chi connectivity index (χ4n) is 2.19. The lowest BCUT2D eigenvalue weighted by molar-refractivity contribution is -0.146. The summed E-state index contributed by atoms with van der Waals surface area (Å²) < 4.78 is 4.77. The quantitative estimate of drug-likeness (QED) is 0.709. The molecule has 1 fully saturated rings. The number of methoxy groups -OCH3 is 1. The van der Waals surface area contributed by atoms with Gasteiger partial charge in [0.05, 0.1) is 13.0 Å². The largest absolute Gasteiger partial charge is 0.469 e. The summed E-state index contributed by atoms with van der Waals surface area (Å²) in [6.45, 7) is 6.13. The molecule has 1 saturated heterocycles. The van der Waals surface area contributed by atoms with Gasteiger partial charge in [0.2, 0.25) is 0 Å². The van der Waals surface area contributed by atoms with E-state index >= 15 is 0 Å². The molecule has 94 valence electrons. The lowest BCUT2D eigenvalue weighted by atomic mass is 10.0. The third-order valence-corrected chi connectivity index (χ3v) is 3.66. The van der Waals surface area contributed by atoms with E-state index in [0.717, 1.165) is 13.1 Å². The Morgan fingerprint density at radius 3 is 2.75 bits per heavy atom. The van der Waals surface area contributed by atoms with E-state index in [9.17, 15) is 4.79 Å². The number of carbonyl (C=O) groups is 1. The lowest BCUT2D eigenvalue weighted by Gasteiger charge is -2.30. The van der Waals surface area contributed by atoms with E-state index < -0.39 is 0 Å². The Hall–Kier alpha value is -0.610. The van der Waals surface area contributed by atoms with Crippen LogP contribution in [0.1, 0.15) is 26.7 Å². The summed E-state index contributed by atoms with van der Waals surface area (Å²) in [7, 11) is 3.52. The summed E-state index contributed by atoms with van der Waals surface area (Å²) >= 11 is 0. The Kier molecular flexibility index (Phi) is 5.22. The molecule has 0 bridgehead atoms. The van der Waals surface area contributed by atoms with Gasteiger partial charge in [-0.1, -0.05) is 6.92 Å². The van der Waals surface area contributed by atoms with Gasteiger partial charge in [-0.3, -0.25) is 4.79 Å². The fraction of sp³-hybridized carbons (Fsp3) is 0.917. The second kappa shape index (κ2) is 6.21. The van der Waals surface area contributed by atoms with Crippen molar-refractivity contribution in [3.05, 3.63) is 0 Å². The Bertz CT molecular complexity index is 227. The van der Waals surface area contributed by atoms with Crippen LogP contribution in [-0.4, -0.2) is 50.2 Å². The lowest BCUT2D eigenvalue weighted by Crippen LogP contribution is -2.44. The number of nitrogens with one attached hydrogen (secondary N) is 1. The average molecular weight is 228 g/mol. The average Bonchev–Trinajstić information content (AvgIpc) is 2.78. The first kappa shape index (κ1) is 13.5. The zero-order chi connectivity index (χ0) is 12.1. The smallest absolute Gasteiger partial charge is 0.309 e. The zero-order valence-corrected chi connectivity index (χ0v) is 10.8. The highest BCUT2D eigenvalue weighted by Crippen LogP contribution is 2.13. The molecule has 4 heteroatoms. The summed E-state index contributed by atoms with van der Waals surface area (Å²) in [5.74, 6) is -0.199. The minimum atomic E-state index is -0.126. The van der Waals surface area contributed by atoms with Gasteiger partial charge in [-0.25, -0.2) is 0 Å². The van der Waals surface area contributed by atoms with Crippen LogP contribution in [0.4, 0.5) is 0 Å². The van der Waals surface area contributed by atoms with Crippen molar-refractivity contribution >= 4 is 5.97 Å². The van der Waals surface area contributed by atoms with Crippen molar-refractivity contribution in [3.63, 3.8) is 0 Å². The van der Waals surface area contributed by atoms with Crippen molar-refractivity contribution in [2.45, 2.75) is 38.8 Å². The molecule has 4 nitrogen and oxygen atoms in total. The van der Waals surface area contributed by atoms with Crippen LogP contribution in [0.3, 0.4) is 0 Å². The molecule has 0 aliphatic carbocycles. The van der Waals surface area contributed by atoms with E-state index in [1.54, 1.807) is 0 Å². The molecule has 1 N–H and O–H groups in total. The van der Waals surface area contributed by atoms with Crippen molar-refractivity contribution in [2.24, 2.45) is 5.92 Å². The van der Waals surface area contributed by atoms with Crippen LogP contribution in [0.5, 0.6) is 0 Å². The normalized spacial score (nSPS) is 24.4. The minimum Gasteiger partial charge on any atom is -0.469 e. The van der Waals surface area contributed by atoms with Gasteiger partial charge in [-0.05, 0) is 33.4 Å². The molecule has 0 spiro atoms. The predicted molar refractivity (Wildman–Crippen MR) is 64.3 cm³/mol. The molecule has 1 rings (SSSR count). The summed E-state index contributed by atoms with van der Waals surface area (Å²) in [6, 6.07) is 0.798. The maximum atomic E-state index is 11.4. The van der Waals surface area contributed by atoms with Crippen molar-refractivity contribution in [1.82, 2.24) is 10.2 Å². The van der Waals surface area contributed by atoms with Gasteiger partial charge in [-0.15, -0.1) is 0 Å². The van der Waals surface area contributed by atoms with Gasteiger partial charge < -0.3 is 15.0 Å². The van der Waals surface area contributed by atoms with Gasteiger partial charge in [0.1, 0.15) is 0 Å². The molecule has 3 unspecified atom stereocenters. The maximum Gasteiger partial charge on any atom is 0.309 e. The first-order valence-electron chi connectivity index (χ1n) is 6.07. The number of ether oxygens (including phenoxy) is 1. The van der Waals surface area contributed by atoms with E-state index in [-0.39, 0.29) is 17.9 Å². The van der Waals surface area contributed by atoms with Crippen LogP contribution in [0.15, 0.2) is 0 Å². The Balaban J connectivity index is 2.39. The molecule has 3 atom stereocenters. The summed E-state index contributed by atoms with van der Waals surface area (Å²) in [6.07, 6.45) is 2.50. The first-order chi connectivity index (χ1) is 7.56. The Morgan fingerprint density at radius 2 is 2.25 bits per heavy atom. The van der Waals surface area contributed by atoms with Gasteiger partial charge in [0, 0.05) is 18.6 Å². The number of nitrogens with zero attached hydrogens (tertiary/aromatic N) is 1. The third kappa shape index (κ3) is 3.46. The molecule has 1 aliphatic rings. The topological polar surface area (TPSA) is 41.6 Å². The molecule has 0 aromatic heterocycles. The molecular formula is C12H24N2O2. The number of carbonyl (C=O) groups excluding carboxylic acids is 1. The monoisotopic (exact) mass is 228 g/mol. The van der Waals surface area contributed by atoms with Crippen LogP contribution in [0.25, 0.3) is 0 Å². The zero-order valence-electron chi connectivity index (χ0n) is 10.8. The number of hydrogen-bond donors (Lipinski definition) is 1. The number of hydrogen-bond acceptors (Lipinski definition) is 4. The fourth-order valence-corrected chi connectivity index (χ4v) is 2.19. The van der Waals surface area contributed by atoms with Crippen molar-refractivity contribution in [3.8, 4) is 0 Å². The molecule has 0 aromatic rings.